The summed E-state index contributed by atoms with van der Waals surface area (Å²) in [5, 5.41) is 6.33. The van der Waals surface area contributed by atoms with E-state index in [-0.39, 0.29) is 36.0 Å². The zero-order chi connectivity index (χ0) is 18.8. The molecule has 1 heterocycles. The van der Waals surface area contributed by atoms with Crippen LogP contribution in [0, 0.1) is 0 Å². The SMILES string of the molecule is CCCCN(C)C(=NC)NCc1cccc(C(=O)NCC2CCCO2)c1.I. The smallest absolute Gasteiger partial charge is 0.251 e. The van der Waals surface area contributed by atoms with Crippen molar-refractivity contribution in [3.63, 3.8) is 0 Å². The van der Waals surface area contributed by atoms with Gasteiger partial charge in [0.1, 0.15) is 0 Å². The summed E-state index contributed by atoms with van der Waals surface area (Å²) in [6.07, 6.45) is 4.55. The van der Waals surface area contributed by atoms with Crippen molar-refractivity contribution in [2.45, 2.75) is 45.3 Å². The molecule has 0 bridgehead atoms. The molecule has 0 radical (unpaired) electrons. The Hall–Kier alpha value is -1.35. The fraction of sp³-hybridized carbons (Fsp3) is 0.600. The van der Waals surface area contributed by atoms with Crippen LogP contribution in [0.2, 0.25) is 0 Å². The summed E-state index contributed by atoms with van der Waals surface area (Å²) < 4.78 is 5.55. The number of carbonyl (C=O) groups is 1. The maximum absolute atomic E-state index is 12.4. The number of amides is 1. The summed E-state index contributed by atoms with van der Waals surface area (Å²) in [6, 6.07) is 7.71. The van der Waals surface area contributed by atoms with Gasteiger partial charge in [-0.3, -0.25) is 9.79 Å². The number of hydrogen-bond acceptors (Lipinski definition) is 3. The Balaban J connectivity index is 0.00000364. The van der Waals surface area contributed by atoms with Crippen LogP contribution in [0.3, 0.4) is 0 Å². The largest absolute Gasteiger partial charge is 0.376 e. The highest BCUT2D eigenvalue weighted by molar-refractivity contribution is 14.0. The molecule has 0 saturated carbocycles. The van der Waals surface area contributed by atoms with Crippen LogP contribution in [0.5, 0.6) is 0 Å². The van der Waals surface area contributed by atoms with Gasteiger partial charge in [0.25, 0.3) is 5.91 Å². The number of benzene rings is 1. The first-order valence-electron chi connectivity index (χ1n) is 9.54. The molecule has 2 N–H and O–H groups in total. The number of nitrogens with zero attached hydrogens (tertiary/aromatic N) is 2. The van der Waals surface area contributed by atoms with Crippen LogP contribution in [-0.2, 0) is 11.3 Å². The third kappa shape index (κ3) is 8.04. The van der Waals surface area contributed by atoms with Crippen LogP contribution < -0.4 is 10.6 Å². The number of guanidine groups is 1. The van der Waals surface area contributed by atoms with Crippen LogP contribution >= 0.6 is 24.0 Å². The highest BCUT2D eigenvalue weighted by Crippen LogP contribution is 2.11. The standard InChI is InChI=1S/C20H32N4O2.HI/c1-4-5-11-24(3)20(21-2)23-14-16-8-6-9-17(13-16)19(25)22-15-18-10-7-12-26-18;/h6,8-9,13,18H,4-5,7,10-12,14-15H2,1-3H3,(H,21,23)(H,22,25);1H. The molecule has 1 unspecified atom stereocenters. The van der Waals surface area contributed by atoms with Crippen molar-refractivity contribution in [2.24, 2.45) is 4.99 Å². The maximum Gasteiger partial charge on any atom is 0.251 e. The van der Waals surface area contributed by atoms with E-state index in [0.717, 1.165) is 50.4 Å². The second kappa shape index (κ2) is 12.9. The third-order valence-electron chi connectivity index (χ3n) is 4.57. The first kappa shape index (κ1) is 23.7. The van der Waals surface area contributed by atoms with Gasteiger partial charge >= 0.3 is 0 Å². The van der Waals surface area contributed by atoms with Gasteiger partial charge in [-0.1, -0.05) is 25.5 Å². The van der Waals surface area contributed by atoms with Gasteiger partial charge < -0.3 is 20.3 Å². The molecule has 1 fully saturated rings. The molecular weight excluding hydrogens is 455 g/mol. The van der Waals surface area contributed by atoms with Gasteiger partial charge in [-0.25, -0.2) is 0 Å². The van der Waals surface area contributed by atoms with E-state index < -0.39 is 0 Å². The zero-order valence-electron chi connectivity index (χ0n) is 16.7. The van der Waals surface area contributed by atoms with Crippen molar-refractivity contribution >= 4 is 35.8 Å². The molecule has 27 heavy (non-hydrogen) atoms. The lowest BCUT2D eigenvalue weighted by atomic mass is 10.1. The highest BCUT2D eigenvalue weighted by atomic mass is 127. The molecule has 1 aliphatic rings. The van der Waals surface area contributed by atoms with Gasteiger partial charge in [0.05, 0.1) is 6.10 Å². The summed E-state index contributed by atoms with van der Waals surface area (Å²) in [5.41, 5.74) is 1.73. The van der Waals surface area contributed by atoms with Gasteiger partial charge in [-0.2, -0.15) is 0 Å². The second-order valence-electron chi connectivity index (χ2n) is 6.72. The maximum atomic E-state index is 12.4. The molecule has 1 aliphatic heterocycles. The van der Waals surface area contributed by atoms with E-state index in [1.807, 2.05) is 31.3 Å². The van der Waals surface area contributed by atoms with Crippen LogP contribution in [-0.4, -0.2) is 56.7 Å². The quantitative estimate of drug-likeness (QED) is 0.336. The number of unbranched alkanes of at least 4 members (excludes halogenated alkanes) is 1. The molecule has 0 spiro atoms. The van der Waals surface area contributed by atoms with Crippen molar-refractivity contribution in [3.8, 4) is 0 Å². The van der Waals surface area contributed by atoms with Crippen molar-refractivity contribution < 1.29 is 9.53 Å². The molecule has 1 aromatic rings. The van der Waals surface area contributed by atoms with Crippen molar-refractivity contribution in [2.75, 3.05) is 33.8 Å². The van der Waals surface area contributed by atoms with Gasteiger partial charge in [-0.15, -0.1) is 24.0 Å². The molecule has 1 aromatic carbocycles. The van der Waals surface area contributed by atoms with E-state index in [0.29, 0.717) is 18.7 Å². The van der Waals surface area contributed by atoms with Gasteiger partial charge in [-0.05, 0) is 37.0 Å². The lowest BCUT2D eigenvalue weighted by molar-refractivity contribution is 0.0857. The topological polar surface area (TPSA) is 66.0 Å². The number of halogens is 1. The van der Waals surface area contributed by atoms with Crippen molar-refractivity contribution in [1.29, 1.82) is 0 Å². The molecule has 7 heteroatoms. The van der Waals surface area contributed by atoms with E-state index in [2.05, 4.69) is 27.4 Å². The Labute approximate surface area is 180 Å². The number of rotatable bonds is 8. The monoisotopic (exact) mass is 488 g/mol. The van der Waals surface area contributed by atoms with Crippen LogP contribution in [0.4, 0.5) is 0 Å². The van der Waals surface area contributed by atoms with E-state index in [9.17, 15) is 4.79 Å². The number of aliphatic imine (C=N–C) groups is 1. The predicted molar refractivity (Wildman–Crippen MR) is 121 cm³/mol. The molecule has 1 saturated heterocycles. The zero-order valence-corrected chi connectivity index (χ0v) is 19.0. The Bertz CT molecular complexity index is 603. The summed E-state index contributed by atoms with van der Waals surface area (Å²) in [6.45, 7) is 5.17. The van der Waals surface area contributed by atoms with E-state index in [4.69, 9.17) is 4.74 Å². The Morgan fingerprint density at radius 3 is 2.85 bits per heavy atom. The number of carbonyl (C=O) groups excluding carboxylic acids is 1. The number of ether oxygens (including phenoxy) is 1. The lowest BCUT2D eigenvalue weighted by Gasteiger charge is -2.22. The normalized spacial score (nSPS) is 16.6. The minimum atomic E-state index is -0.0493. The lowest BCUT2D eigenvalue weighted by Crippen LogP contribution is -2.39. The Morgan fingerprint density at radius 2 is 2.19 bits per heavy atom. The second-order valence-corrected chi connectivity index (χ2v) is 6.72. The molecule has 6 nitrogen and oxygen atoms in total. The molecular formula is C20H33IN4O2. The average molecular weight is 488 g/mol. The summed E-state index contributed by atoms with van der Waals surface area (Å²) in [7, 11) is 3.83. The summed E-state index contributed by atoms with van der Waals surface area (Å²) >= 11 is 0. The summed E-state index contributed by atoms with van der Waals surface area (Å²) in [5.74, 6) is 0.818. The highest BCUT2D eigenvalue weighted by Gasteiger charge is 2.16. The van der Waals surface area contributed by atoms with Crippen molar-refractivity contribution in [1.82, 2.24) is 15.5 Å². The van der Waals surface area contributed by atoms with E-state index in [1.54, 1.807) is 7.05 Å². The van der Waals surface area contributed by atoms with E-state index in [1.165, 1.54) is 0 Å². The molecule has 1 amide bonds. The molecule has 0 aliphatic carbocycles. The minimum Gasteiger partial charge on any atom is -0.376 e. The van der Waals surface area contributed by atoms with Gasteiger partial charge in [0.2, 0.25) is 0 Å². The Morgan fingerprint density at radius 1 is 1.37 bits per heavy atom. The van der Waals surface area contributed by atoms with E-state index >= 15 is 0 Å². The van der Waals surface area contributed by atoms with Crippen LogP contribution in [0.25, 0.3) is 0 Å². The first-order chi connectivity index (χ1) is 12.6. The van der Waals surface area contributed by atoms with Crippen molar-refractivity contribution in [3.05, 3.63) is 35.4 Å². The average Bonchev–Trinajstić information content (AvgIpc) is 3.18. The van der Waals surface area contributed by atoms with Gasteiger partial charge in [0.15, 0.2) is 5.96 Å². The van der Waals surface area contributed by atoms with Crippen LogP contribution in [0.15, 0.2) is 29.3 Å². The fourth-order valence-electron chi connectivity index (χ4n) is 3.00. The first-order valence-corrected chi connectivity index (χ1v) is 9.54. The Kier molecular flexibility index (Phi) is 11.3. The molecule has 0 aromatic heterocycles. The number of hydrogen-bond donors (Lipinski definition) is 2. The van der Waals surface area contributed by atoms with Gasteiger partial charge in [0, 0.05) is 45.9 Å². The van der Waals surface area contributed by atoms with Crippen LogP contribution in [0.1, 0.15) is 48.5 Å². The fourth-order valence-corrected chi connectivity index (χ4v) is 3.00. The number of nitrogens with one attached hydrogen (secondary N) is 2. The predicted octanol–water partition coefficient (Wildman–Crippen LogP) is 3.02. The third-order valence-corrected chi connectivity index (χ3v) is 4.57. The molecule has 1 atom stereocenters. The molecule has 2 rings (SSSR count). The molecule has 152 valence electrons. The minimum absolute atomic E-state index is 0. The summed E-state index contributed by atoms with van der Waals surface area (Å²) in [4.78, 5) is 18.8.